The maximum Gasteiger partial charge on any atom is 0.249 e. The highest BCUT2D eigenvalue weighted by molar-refractivity contribution is 5.80. The van der Waals surface area contributed by atoms with Crippen LogP contribution in [0.4, 0.5) is 0 Å². The standard InChI is InChI=1S/C48H95NO9/c1-3-5-7-9-11-13-15-17-19-21-23-25-27-29-31-33-35-37-42(52)47(56)49-40(39-57-48-46(55)45(54)44(53)43(38-50)58-48)41(51)36-34-32-30-28-26-24-22-20-18-16-14-12-10-8-6-4-2/h40-46,48,50-55H,3-39H2,1-2H3,(H,49,56). The van der Waals surface area contributed by atoms with E-state index >= 15 is 0 Å². The Bertz CT molecular complexity index is 895. The number of carbonyl (C=O) groups is 1. The first-order valence-corrected chi connectivity index (χ1v) is 24.8. The van der Waals surface area contributed by atoms with Gasteiger partial charge >= 0.3 is 0 Å². The fourth-order valence-corrected chi connectivity index (χ4v) is 8.23. The summed E-state index contributed by atoms with van der Waals surface area (Å²) in [6.07, 6.45) is 32.9. The molecule has 0 aromatic heterocycles. The SMILES string of the molecule is CCCCCCCCCCCCCCCCCCCC(O)C(=O)NC(COC1OC(CO)C(O)C(O)C1O)C(O)CCCCCCCCCCCCCCCCCC. The number of aliphatic hydroxyl groups is 6. The van der Waals surface area contributed by atoms with E-state index in [1.807, 2.05) is 0 Å². The van der Waals surface area contributed by atoms with Crippen molar-refractivity contribution in [3.05, 3.63) is 0 Å². The normalized spacial score (nSPS) is 21.3. The lowest BCUT2D eigenvalue weighted by Crippen LogP contribution is -2.60. The molecule has 0 aromatic rings. The van der Waals surface area contributed by atoms with Gasteiger partial charge in [-0.25, -0.2) is 0 Å². The highest BCUT2D eigenvalue weighted by Crippen LogP contribution is 2.23. The van der Waals surface area contributed by atoms with Crippen LogP contribution in [-0.4, -0.2) is 98.7 Å². The summed E-state index contributed by atoms with van der Waals surface area (Å²) in [7, 11) is 0. The van der Waals surface area contributed by atoms with E-state index < -0.39 is 61.5 Å². The molecule has 0 spiro atoms. The topological polar surface area (TPSA) is 169 Å². The minimum absolute atomic E-state index is 0.250. The van der Waals surface area contributed by atoms with E-state index in [0.29, 0.717) is 12.8 Å². The lowest BCUT2D eigenvalue weighted by molar-refractivity contribution is -0.302. The summed E-state index contributed by atoms with van der Waals surface area (Å²) in [5.74, 6) is -0.579. The van der Waals surface area contributed by atoms with Crippen LogP contribution in [0.25, 0.3) is 0 Å². The quantitative estimate of drug-likeness (QED) is 0.0296. The Morgan fingerprint density at radius 2 is 0.862 bits per heavy atom. The van der Waals surface area contributed by atoms with E-state index in [2.05, 4.69) is 19.2 Å². The zero-order chi connectivity index (χ0) is 42.5. The maximum atomic E-state index is 13.1. The van der Waals surface area contributed by atoms with Crippen molar-refractivity contribution in [2.45, 2.75) is 288 Å². The molecule has 1 amide bonds. The van der Waals surface area contributed by atoms with Crippen molar-refractivity contribution in [2.24, 2.45) is 0 Å². The number of ether oxygens (including phenoxy) is 2. The van der Waals surface area contributed by atoms with Gasteiger partial charge in [-0.3, -0.25) is 4.79 Å². The molecule has 0 saturated carbocycles. The third kappa shape index (κ3) is 28.6. The van der Waals surface area contributed by atoms with Gasteiger partial charge in [0.2, 0.25) is 5.91 Å². The first-order valence-electron chi connectivity index (χ1n) is 24.8. The van der Waals surface area contributed by atoms with Gasteiger partial charge < -0.3 is 45.4 Å². The largest absolute Gasteiger partial charge is 0.394 e. The van der Waals surface area contributed by atoms with Crippen LogP contribution in [0, 0.1) is 0 Å². The second-order valence-electron chi connectivity index (χ2n) is 17.8. The van der Waals surface area contributed by atoms with Crippen molar-refractivity contribution in [3.8, 4) is 0 Å². The second kappa shape index (κ2) is 39.0. The Balaban J connectivity index is 2.34. The lowest BCUT2D eigenvalue weighted by Gasteiger charge is -2.40. The van der Waals surface area contributed by atoms with Gasteiger partial charge in [-0.2, -0.15) is 0 Å². The third-order valence-corrected chi connectivity index (χ3v) is 12.3. The zero-order valence-electron chi connectivity index (χ0n) is 37.7. The zero-order valence-corrected chi connectivity index (χ0v) is 37.7. The average molecular weight is 830 g/mol. The Morgan fingerprint density at radius 3 is 1.22 bits per heavy atom. The fraction of sp³-hybridized carbons (Fsp3) is 0.979. The molecular formula is C48H95NO9. The number of carbonyl (C=O) groups excluding carboxylic acids is 1. The van der Waals surface area contributed by atoms with E-state index in [9.17, 15) is 35.4 Å². The van der Waals surface area contributed by atoms with E-state index in [4.69, 9.17) is 9.47 Å². The average Bonchev–Trinajstić information content (AvgIpc) is 3.22. The van der Waals surface area contributed by atoms with E-state index in [1.54, 1.807) is 0 Å². The van der Waals surface area contributed by atoms with Crippen LogP contribution < -0.4 is 5.32 Å². The predicted octanol–water partition coefficient (Wildman–Crippen LogP) is 9.70. The van der Waals surface area contributed by atoms with Crippen LogP contribution in [0.2, 0.25) is 0 Å². The molecule has 7 N–H and O–H groups in total. The lowest BCUT2D eigenvalue weighted by atomic mass is 9.99. The molecule has 10 nitrogen and oxygen atoms in total. The molecule has 346 valence electrons. The van der Waals surface area contributed by atoms with Crippen LogP contribution in [0.5, 0.6) is 0 Å². The first-order chi connectivity index (χ1) is 28.3. The van der Waals surface area contributed by atoms with Crippen LogP contribution in [0.1, 0.15) is 239 Å². The molecule has 0 aromatic carbocycles. The molecule has 1 rings (SSSR count). The van der Waals surface area contributed by atoms with E-state index in [-0.39, 0.29) is 6.61 Å². The van der Waals surface area contributed by atoms with Crippen molar-refractivity contribution < 1.29 is 44.9 Å². The number of unbranched alkanes of at least 4 members (excludes halogenated alkanes) is 31. The van der Waals surface area contributed by atoms with Gasteiger partial charge in [0.1, 0.15) is 30.5 Å². The van der Waals surface area contributed by atoms with Crippen LogP contribution >= 0.6 is 0 Å². The van der Waals surface area contributed by atoms with Gasteiger partial charge in [-0.1, -0.05) is 226 Å². The maximum absolute atomic E-state index is 13.1. The fourth-order valence-electron chi connectivity index (χ4n) is 8.23. The summed E-state index contributed by atoms with van der Waals surface area (Å²) in [4.78, 5) is 13.1. The van der Waals surface area contributed by atoms with Gasteiger partial charge in [-0.15, -0.1) is 0 Å². The van der Waals surface area contributed by atoms with Gasteiger partial charge in [0.05, 0.1) is 25.4 Å². The van der Waals surface area contributed by atoms with Crippen molar-refractivity contribution in [3.63, 3.8) is 0 Å². The monoisotopic (exact) mass is 830 g/mol. The van der Waals surface area contributed by atoms with Gasteiger partial charge in [0, 0.05) is 0 Å². The smallest absolute Gasteiger partial charge is 0.249 e. The summed E-state index contributed by atoms with van der Waals surface area (Å²) in [5.41, 5.74) is 0. The van der Waals surface area contributed by atoms with Crippen molar-refractivity contribution in [2.75, 3.05) is 13.2 Å². The third-order valence-electron chi connectivity index (χ3n) is 12.3. The molecule has 1 saturated heterocycles. The minimum atomic E-state index is -1.59. The van der Waals surface area contributed by atoms with Crippen LogP contribution in [0.3, 0.4) is 0 Å². The van der Waals surface area contributed by atoms with E-state index in [1.165, 1.54) is 173 Å². The molecule has 8 atom stereocenters. The molecule has 1 heterocycles. The van der Waals surface area contributed by atoms with Crippen molar-refractivity contribution in [1.29, 1.82) is 0 Å². The summed E-state index contributed by atoms with van der Waals surface area (Å²) in [6, 6.07) is -0.888. The molecule has 58 heavy (non-hydrogen) atoms. The summed E-state index contributed by atoms with van der Waals surface area (Å²) >= 11 is 0. The Kier molecular flexibility index (Phi) is 37.1. The molecule has 0 bridgehead atoms. The molecule has 0 aliphatic carbocycles. The number of rotatable bonds is 42. The van der Waals surface area contributed by atoms with Crippen LogP contribution in [0.15, 0.2) is 0 Å². The molecule has 10 heteroatoms. The predicted molar refractivity (Wildman–Crippen MR) is 237 cm³/mol. The molecular weight excluding hydrogens is 735 g/mol. The Morgan fingerprint density at radius 1 is 0.517 bits per heavy atom. The Hall–Kier alpha value is -0.850. The highest BCUT2D eigenvalue weighted by atomic mass is 16.7. The van der Waals surface area contributed by atoms with Crippen molar-refractivity contribution >= 4 is 5.91 Å². The number of hydrogen-bond donors (Lipinski definition) is 7. The summed E-state index contributed by atoms with van der Waals surface area (Å²) < 4.78 is 11.2. The molecule has 0 radical (unpaired) electrons. The van der Waals surface area contributed by atoms with Gasteiger partial charge in [-0.05, 0) is 12.8 Å². The van der Waals surface area contributed by atoms with Gasteiger partial charge in [0.15, 0.2) is 6.29 Å². The second-order valence-corrected chi connectivity index (χ2v) is 17.8. The van der Waals surface area contributed by atoms with Crippen molar-refractivity contribution in [1.82, 2.24) is 5.32 Å². The van der Waals surface area contributed by atoms with Crippen LogP contribution in [-0.2, 0) is 14.3 Å². The molecule has 8 unspecified atom stereocenters. The summed E-state index contributed by atoms with van der Waals surface area (Å²) in [6.45, 7) is 3.69. The molecule has 1 fully saturated rings. The number of aliphatic hydroxyl groups excluding tert-OH is 6. The first kappa shape index (κ1) is 55.2. The highest BCUT2D eigenvalue weighted by Gasteiger charge is 2.44. The minimum Gasteiger partial charge on any atom is -0.394 e. The number of nitrogens with one attached hydrogen (secondary N) is 1. The number of hydrogen-bond acceptors (Lipinski definition) is 9. The Labute approximate surface area is 356 Å². The molecule has 1 aliphatic heterocycles. The van der Waals surface area contributed by atoms with E-state index in [0.717, 1.165) is 38.5 Å². The number of amides is 1. The molecule has 1 aliphatic rings. The van der Waals surface area contributed by atoms with Gasteiger partial charge in [0.25, 0.3) is 0 Å². The summed E-state index contributed by atoms with van der Waals surface area (Å²) in [5, 5.41) is 64.9.